The van der Waals surface area contributed by atoms with Crippen LogP contribution in [0, 0.1) is 5.92 Å². The minimum Gasteiger partial charge on any atom is -0.356 e. The van der Waals surface area contributed by atoms with Crippen LogP contribution in [-0.4, -0.2) is 12.5 Å². The summed E-state index contributed by atoms with van der Waals surface area (Å²) in [4.78, 5) is 12.2. The fourth-order valence-corrected chi connectivity index (χ4v) is 2.03. The van der Waals surface area contributed by atoms with Gasteiger partial charge in [-0.25, -0.2) is 0 Å². The number of amides is 1. The van der Waals surface area contributed by atoms with Crippen LogP contribution >= 0.6 is 0 Å². The van der Waals surface area contributed by atoms with E-state index in [4.69, 9.17) is 0 Å². The maximum absolute atomic E-state index is 12.2. The van der Waals surface area contributed by atoms with Crippen LogP contribution in [-0.2, 0) is 4.79 Å². The average Bonchev–Trinajstić information content (AvgIpc) is 2.36. The fraction of sp³-hybridized carbons (Fsp3) is 0.562. The zero-order chi connectivity index (χ0) is 13.4. The van der Waals surface area contributed by atoms with Crippen LogP contribution in [0.2, 0.25) is 0 Å². The van der Waals surface area contributed by atoms with E-state index in [1.54, 1.807) is 0 Å². The number of carbonyl (C=O) groups is 1. The Balaban J connectivity index is 2.59. The molecule has 100 valence electrons. The van der Waals surface area contributed by atoms with E-state index < -0.39 is 0 Å². The Hall–Kier alpha value is -1.31. The SMILES string of the molecule is CCCC(C(=O)NCCC(C)C)c1ccccc1. The Morgan fingerprint density at radius 1 is 1.17 bits per heavy atom. The van der Waals surface area contributed by atoms with E-state index in [0.717, 1.165) is 31.4 Å². The highest BCUT2D eigenvalue weighted by Gasteiger charge is 2.18. The molecule has 2 nitrogen and oxygen atoms in total. The third kappa shape index (κ3) is 4.91. The number of rotatable bonds is 7. The van der Waals surface area contributed by atoms with Crippen LogP contribution in [0.1, 0.15) is 51.5 Å². The molecule has 2 heteroatoms. The molecule has 0 aliphatic carbocycles. The molecule has 1 rings (SSSR count). The van der Waals surface area contributed by atoms with Crippen LogP contribution in [0.15, 0.2) is 30.3 Å². The Bertz CT molecular complexity index is 345. The molecular formula is C16H25NO. The van der Waals surface area contributed by atoms with Gasteiger partial charge in [0.25, 0.3) is 0 Å². The van der Waals surface area contributed by atoms with Crippen LogP contribution in [0.25, 0.3) is 0 Å². The van der Waals surface area contributed by atoms with Crippen molar-refractivity contribution in [3.05, 3.63) is 35.9 Å². The van der Waals surface area contributed by atoms with Crippen molar-refractivity contribution < 1.29 is 4.79 Å². The molecule has 1 aromatic carbocycles. The van der Waals surface area contributed by atoms with Crippen molar-refractivity contribution in [2.45, 2.75) is 46.0 Å². The van der Waals surface area contributed by atoms with Crippen LogP contribution < -0.4 is 5.32 Å². The lowest BCUT2D eigenvalue weighted by molar-refractivity contribution is -0.122. The molecule has 0 fully saturated rings. The lowest BCUT2D eigenvalue weighted by Crippen LogP contribution is -2.30. The molecule has 18 heavy (non-hydrogen) atoms. The van der Waals surface area contributed by atoms with Gasteiger partial charge in [-0.2, -0.15) is 0 Å². The monoisotopic (exact) mass is 247 g/mol. The first kappa shape index (κ1) is 14.7. The molecule has 0 saturated heterocycles. The minimum absolute atomic E-state index is 0.00311. The molecule has 0 aromatic heterocycles. The van der Waals surface area contributed by atoms with Gasteiger partial charge in [-0.15, -0.1) is 0 Å². The standard InChI is InChI=1S/C16H25NO/c1-4-8-15(14-9-6-5-7-10-14)16(18)17-12-11-13(2)3/h5-7,9-10,13,15H,4,8,11-12H2,1-3H3,(H,17,18). The quantitative estimate of drug-likeness (QED) is 0.781. The van der Waals surface area contributed by atoms with Crippen LogP contribution in [0.5, 0.6) is 0 Å². The first-order valence-electron chi connectivity index (χ1n) is 6.97. The third-order valence-electron chi connectivity index (χ3n) is 3.12. The summed E-state index contributed by atoms with van der Waals surface area (Å²) in [5.74, 6) is 0.804. The Kier molecular flexibility index (Phi) is 6.48. The Morgan fingerprint density at radius 2 is 1.83 bits per heavy atom. The minimum atomic E-state index is 0.00311. The van der Waals surface area contributed by atoms with Gasteiger partial charge in [0.1, 0.15) is 0 Å². The molecule has 1 aromatic rings. The summed E-state index contributed by atoms with van der Waals surface area (Å²) in [6.07, 6.45) is 2.98. The van der Waals surface area contributed by atoms with E-state index in [1.165, 1.54) is 0 Å². The van der Waals surface area contributed by atoms with Crippen molar-refractivity contribution in [2.24, 2.45) is 5.92 Å². The predicted molar refractivity (Wildman–Crippen MR) is 76.6 cm³/mol. The van der Waals surface area contributed by atoms with Crippen LogP contribution in [0.4, 0.5) is 0 Å². The maximum Gasteiger partial charge on any atom is 0.227 e. The average molecular weight is 247 g/mol. The number of hydrogen-bond donors (Lipinski definition) is 1. The molecule has 0 heterocycles. The van der Waals surface area contributed by atoms with Gasteiger partial charge >= 0.3 is 0 Å². The first-order valence-corrected chi connectivity index (χ1v) is 6.97. The summed E-state index contributed by atoms with van der Waals surface area (Å²) >= 11 is 0. The Morgan fingerprint density at radius 3 is 2.39 bits per heavy atom. The van der Waals surface area contributed by atoms with E-state index in [0.29, 0.717) is 5.92 Å². The topological polar surface area (TPSA) is 29.1 Å². The largest absolute Gasteiger partial charge is 0.356 e. The summed E-state index contributed by atoms with van der Waals surface area (Å²) in [6.45, 7) is 7.25. The second kappa shape index (κ2) is 7.91. The number of carbonyl (C=O) groups excluding carboxylic acids is 1. The van der Waals surface area contributed by atoms with Crippen LogP contribution in [0.3, 0.4) is 0 Å². The molecule has 0 aliphatic heterocycles. The number of hydrogen-bond acceptors (Lipinski definition) is 1. The molecule has 1 atom stereocenters. The van der Waals surface area contributed by atoms with E-state index in [1.807, 2.05) is 30.3 Å². The van der Waals surface area contributed by atoms with Gasteiger partial charge in [0.05, 0.1) is 5.92 Å². The summed E-state index contributed by atoms with van der Waals surface area (Å²) in [7, 11) is 0. The second-order valence-corrected chi connectivity index (χ2v) is 5.23. The molecule has 0 radical (unpaired) electrons. The highest BCUT2D eigenvalue weighted by atomic mass is 16.1. The highest BCUT2D eigenvalue weighted by Crippen LogP contribution is 2.21. The lowest BCUT2D eigenvalue weighted by Gasteiger charge is -2.17. The van der Waals surface area contributed by atoms with Gasteiger partial charge in [0, 0.05) is 6.54 Å². The smallest absolute Gasteiger partial charge is 0.227 e. The summed E-state index contributed by atoms with van der Waals surface area (Å²) < 4.78 is 0. The maximum atomic E-state index is 12.2. The van der Waals surface area contributed by atoms with Gasteiger partial charge in [0.15, 0.2) is 0 Å². The first-order chi connectivity index (χ1) is 8.65. The predicted octanol–water partition coefficient (Wildman–Crippen LogP) is 3.73. The van der Waals surface area contributed by atoms with Crippen molar-refractivity contribution in [3.63, 3.8) is 0 Å². The second-order valence-electron chi connectivity index (χ2n) is 5.23. The third-order valence-corrected chi connectivity index (χ3v) is 3.12. The van der Waals surface area contributed by atoms with Gasteiger partial charge in [0.2, 0.25) is 5.91 Å². The molecule has 0 spiro atoms. The van der Waals surface area contributed by atoms with E-state index >= 15 is 0 Å². The van der Waals surface area contributed by atoms with Gasteiger partial charge in [-0.1, -0.05) is 57.5 Å². The summed E-state index contributed by atoms with van der Waals surface area (Å²) in [6, 6.07) is 10.1. The summed E-state index contributed by atoms with van der Waals surface area (Å²) in [5.41, 5.74) is 1.13. The van der Waals surface area contributed by atoms with Gasteiger partial charge in [-0.3, -0.25) is 4.79 Å². The van der Waals surface area contributed by atoms with Gasteiger partial charge < -0.3 is 5.32 Å². The van der Waals surface area contributed by atoms with E-state index in [-0.39, 0.29) is 11.8 Å². The molecule has 1 unspecified atom stereocenters. The summed E-state index contributed by atoms with van der Waals surface area (Å²) in [5, 5.41) is 3.06. The molecular weight excluding hydrogens is 222 g/mol. The highest BCUT2D eigenvalue weighted by molar-refractivity contribution is 5.83. The van der Waals surface area contributed by atoms with Crippen molar-refractivity contribution in [3.8, 4) is 0 Å². The fourth-order valence-electron chi connectivity index (χ4n) is 2.03. The van der Waals surface area contributed by atoms with E-state index in [9.17, 15) is 4.79 Å². The molecule has 0 bridgehead atoms. The number of benzene rings is 1. The zero-order valence-corrected chi connectivity index (χ0v) is 11.8. The number of nitrogens with one attached hydrogen (secondary N) is 1. The zero-order valence-electron chi connectivity index (χ0n) is 11.8. The molecule has 0 aliphatic rings. The Labute approximate surface area is 111 Å². The van der Waals surface area contributed by atoms with Gasteiger partial charge in [-0.05, 0) is 24.3 Å². The van der Waals surface area contributed by atoms with Crippen molar-refractivity contribution >= 4 is 5.91 Å². The van der Waals surface area contributed by atoms with Crippen molar-refractivity contribution in [1.82, 2.24) is 5.32 Å². The molecule has 1 amide bonds. The normalized spacial score (nSPS) is 12.4. The van der Waals surface area contributed by atoms with Crippen molar-refractivity contribution in [2.75, 3.05) is 6.54 Å². The van der Waals surface area contributed by atoms with E-state index in [2.05, 4.69) is 26.1 Å². The van der Waals surface area contributed by atoms with Crippen molar-refractivity contribution in [1.29, 1.82) is 0 Å². The lowest BCUT2D eigenvalue weighted by atomic mass is 9.93. The molecule has 1 N–H and O–H groups in total. The molecule has 0 saturated carbocycles.